The van der Waals surface area contributed by atoms with Gasteiger partial charge in [-0.3, -0.25) is 9.78 Å². The third-order valence-electron chi connectivity index (χ3n) is 4.27. The summed E-state index contributed by atoms with van der Waals surface area (Å²) in [5.41, 5.74) is 1.96. The van der Waals surface area contributed by atoms with Gasteiger partial charge in [0.05, 0.1) is 18.8 Å². The second kappa shape index (κ2) is 7.18. The van der Waals surface area contributed by atoms with Gasteiger partial charge in [-0.1, -0.05) is 19.0 Å². The lowest BCUT2D eigenvalue weighted by atomic mass is 10.0. The van der Waals surface area contributed by atoms with Crippen molar-refractivity contribution < 1.29 is 14.1 Å². The topological polar surface area (TPSA) is 93.4 Å². The van der Waals surface area contributed by atoms with Crippen molar-refractivity contribution in [3.05, 3.63) is 35.1 Å². The number of aryl methyl sites for hydroxylation is 1. The minimum atomic E-state index is -0.323. The molecule has 8 heteroatoms. The van der Waals surface area contributed by atoms with Crippen LogP contribution in [-0.4, -0.2) is 52.7 Å². The fourth-order valence-electron chi connectivity index (χ4n) is 2.98. The molecule has 134 valence electrons. The first-order chi connectivity index (χ1) is 12.0. The van der Waals surface area contributed by atoms with E-state index < -0.39 is 0 Å². The molecule has 1 aliphatic rings. The lowest BCUT2D eigenvalue weighted by molar-refractivity contribution is -0.0246. The number of aromatic nitrogens is 3. The van der Waals surface area contributed by atoms with Crippen LogP contribution in [0.2, 0.25) is 0 Å². The van der Waals surface area contributed by atoms with Crippen LogP contribution in [-0.2, 0) is 4.74 Å². The average Bonchev–Trinajstić information content (AvgIpc) is 3.03. The average molecular weight is 345 g/mol. The maximum atomic E-state index is 13.1. The van der Waals surface area contributed by atoms with Gasteiger partial charge in [-0.25, -0.2) is 4.98 Å². The van der Waals surface area contributed by atoms with Crippen molar-refractivity contribution in [3.63, 3.8) is 0 Å². The molecule has 2 aromatic heterocycles. The SMILES string of the molecule is CNc1nccnc1[C@H]1CN(C(=O)c2c(C(C)C)noc2C)CCO1. The molecule has 0 aromatic carbocycles. The van der Waals surface area contributed by atoms with Gasteiger partial charge in [-0.2, -0.15) is 0 Å². The van der Waals surface area contributed by atoms with Gasteiger partial charge in [-0.05, 0) is 12.8 Å². The number of amides is 1. The van der Waals surface area contributed by atoms with Crippen LogP contribution in [0, 0.1) is 6.92 Å². The van der Waals surface area contributed by atoms with Crippen molar-refractivity contribution in [1.82, 2.24) is 20.0 Å². The van der Waals surface area contributed by atoms with Crippen molar-refractivity contribution in [2.24, 2.45) is 0 Å². The Bertz CT molecular complexity index is 758. The Hall–Kier alpha value is -2.48. The maximum absolute atomic E-state index is 13.1. The Labute approximate surface area is 146 Å². The van der Waals surface area contributed by atoms with Gasteiger partial charge in [0.15, 0.2) is 0 Å². The van der Waals surface area contributed by atoms with Crippen LogP contribution in [0.3, 0.4) is 0 Å². The summed E-state index contributed by atoms with van der Waals surface area (Å²) in [5.74, 6) is 1.24. The predicted molar refractivity (Wildman–Crippen MR) is 91.5 cm³/mol. The highest BCUT2D eigenvalue weighted by molar-refractivity contribution is 5.96. The molecule has 25 heavy (non-hydrogen) atoms. The van der Waals surface area contributed by atoms with Gasteiger partial charge in [0.25, 0.3) is 5.91 Å². The molecule has 0 bridgehead atoms. The van der Waals surface area contributed by atoms with Gasteiger partial charge in [0, 0.05) is 26.0 Å². The summed E-state index contributed by atoms with van der Waals surface area (Å²) < 4.78 is 11.1. The van der Waals surface area contributed by atoms with E-state index in [9.17, 15) is 4.79 Å². The van der Waals surface area contributed by atoms with Crippen molar-refractivity contribution in [2.45, 2.75) is 32.8 Å². The third kappa shape index (κ3) is 3.34. The Kier molecular flexibility index (Phi) is 4.98. The highest BCUT2D eigenvalue weighted by Crippen LogP contribution is 2.28. The summed E-state index contributed by atoms with van der Waals surface area (Å²) in [6, 6.07) is 0. The van der Waals surface area contributed by atoms with Crippen LogP contribution < -0.4 is 5.32 Å². The molecule has 0 spiro atoms. The molecule has 1 amide bonds. The zero-order valence-corrected chi connectivity index (χ0v) is 14.9. The number of nitrogens with one attached hydrogen (secondary N) is 1. The largest absolute Gasteiger partial charge is 0.372 e. The van der Waals surface area contributed by atoms with E-state index in [2.05, 4.69) is 20.4 Å². The van der Waals surface area contributed by atoms with Gasteiger partial charge in [-0.15, -0.1) is 0 Å². The zero-order valence-electron chi connectivity index (χ0n) is 14.9. The molecule has 1 atom stereocenters. The molecule has 1 fully saturated rings. The number of rotatable bonds is 4. The van der Waals surface area contributed by atoms with E-state index in [1.165, 1.54) is 0 Å². The van der Waals surface area contributed by atoms with Crippen LogP contribution in [0.5, 0.6) is 0 Å². The smallest absolute Gasteiger partial charge is 0.259 e. The summed E-state index contributed by atoms with van der Waals surface area (Å²) in [6.07, 6.45) is 2.93. The van der Waals surface area contributed by atoms with E-state index in [0.717, 1.165) is 0 Å². The Morgan fingerprint density at radius 3 is 2.84 bits per heavy atom. The maximum Gasteiger partial charge on any atom is 0.259 e. The first-order valence-corrected chi connectivity index (χ1v) is 8.38. The molecular formula is C17H23N5O3. The van der Waals surface area contributed by atoms with Gasteiger partial charge < -0.3 is 19.5 Å². The number of hydrogen-bond acceptors (Lipinski definition) is 7. The van der Waals surface area contributed by atoms with Gasteiger partial charge in [0.2, 0.25) is 0 Å². The van der Waals surface area contributed by atoms with Crippen molar-refractivity contribution in [2.75, 3.05) is 32.1 Å². The molecule has 0 radical (unpaired) electrons. The molecule has 3 rings (SSSR count). The number of anilines is 1. The van der Waals surface area contributed by atoms with E-state index in [-0.39, 0.29) is 17.9 Å². The Morgan fingerprint density at radius 2 is 2.12 bits per heavy atom. The quantitative estimate of drug-likeness (QED) is 0.907. The van der Waals surface area contributed by atoms with Crippen molar-refractivity contribution in [1.29, 1.82) is 0 Å². The van der Waals surface area contributed by atoms with Crippen LogP contribution in [0.1, 0.15) is 53.4 Å². The summed E-state index contributed by atoms with van der Waals surface area (Å²) in [7, 11) is 1.79. The molecule has 1 saturated heterocycles. The normalized spacial score (nSPS) is 17.8. The molecule has 8 nitrogen and oxygen atoms in total. The first kappa shape index (κ1) is 17.3. The lowest BCUT2D eigenvalue weighted by Crippen LogP contribution is -2.43. The van der Waals surface area contributed by atoms with E-state index in [4.69, 9.17) is 9.26 Å². The number of morpholine rings is 1. The number of carbonyl (C=O) groups is 1. The molecule has 0 saturated carbocycles. The summed E-state index contributed by atoms with van der Waals surface area (Å²) in [6.45, 7) is 7.13. The number of ether oxygens (including phenoxy) is 1. The molecule has 1 aliphatic heterocycles. The number of carbonyl (C=O) groups excluding carboxylic acids is 1. The van der Waals surface area contributed by atoms with E-state index in [1.807, 2.05) is 13.8 Å². The Balaban J connectivity index is 1.84. The van der Waals surface area contributed by atoms with Crippen LogP contribution in [0.15, 0.2) is 16.9 Å². The third-order valence-corrected chi connectivity index (χ3v) is 4.27. The minimum absolute atomic E-state index is 0.0781. The van der Waals surface area contributed by atoms with Crippen LogP contribution in [0.4, 0.5) is 5.82 Å². The second-order valence-corrected chi connectivity index (χ2v) is 6.30. The van der Waals surface area contributed by atoms with Gasteiger partial charge in [0.1, 0.15) is 28.9 Å². The molecular weight excluding hydrogens is 322 g/mol. The van der Waals surface area contributed by atoms with E-state index in [0.29, 0.717) is 48.2 Å². The molecule has 3 heterocycles. The summed E-state index contributed by atoms with van der Waals surface area (Å²) >= 11 is 0. The highest BCUT2D eigenvalue weighted by atomic mass is 16.5. The highest BCUT2D eigenvalue weighted by Gasteiger charge is 2.32. The van der Waals surface area contributed by atoms with Crippen LogP contribution >= 0.6 is 0 Å². The molecule has 1 N–H and O–H groups in total. The zero-order chi connectivity index (χ0) is 18.0. The minimum Gasteiger partial charge on any atom is -0.372 e. The molecule has 0 aliphatic carbocycles. The second-order valence-electron chi connectivity index (χ2n) is 6.30. The lowest BCUT2D eigenvalue weighted by Gasteiger charge is -2.33. The first-order valence-electron chi connectivity index (χ1n) is 8.38. The predicted octanol–water partition coefficient (Wildman–Crippen LogP) is 2.15. The van der Waals surface area contributed by atoms with E-state index >= 15 is 0 Å². The van der Waals surface area contributed by atoms with Crippen molar-refractivity contribution >= 4 is 11.7 Å². The van der Waals surface area contributed by atoms with E-state index in [1.54, 1.807) is 31.3 Å². The Morgan fingerprint density at radius 1 is 1.36 bits per heavy atom. The molecule has 2 aromatic rings. The number of nitrogens with zero attached hydrogens (tertiary/aromatic N) is 4. The summed E-state index contributed by atoms with van der Waals surface area (Å²) in [4.78, 5) is 23.5. The molecule has 0 unspecified atom stereocenters. The van der Waals surface area contributed by atoms with Crippen molar-refractivity contribution in [3.8, 4) is 0 Å². The van der Waals surface area contributed by atoms with Crippen LogP contribution in [0.25, 0.3) is 0 Å². The number of hydrogen-bond donors (Lipinski definition) is 1. The fraction of sp³-hybridized carbons (Fsp3) is 0.529. The monoisotopic (exact) mass is 345 g/mol. The fourth-order valence-corrected chi connectivity index (χ4v) is 2.98. The van der Waals surface area contributed by atoms with Gasteiger partial charge >= 0.3 is 0 Å². The summed E-state index contributed by atoms with van der Waals surface area (Å²) in [5, 5.41) is 7.07. The standard InChI is InChI=1S/C17H23N5O3/c1-10(2)14-13(11(3)25-21-14)17(23)22-7-8-24-12(9-22)15-16(18-4)20-6-5-19-15/h5-6,10,12H,7-9H2,1-4H3,(H,18,20)/t12-/m1/s1.